The first-order valence-corrected chi connectivity index (χ1v) is 5.71. The lowest BCUT2D eigenvalue weighted by atomic mass is 10.2. The largest absolute Gasteiger partial charge is 0.396 e. The van der Waals surface area contributed by atoms with Crippen LogP contribution in [0.25, 0.3) is 0 Å². The summed E-state index contributed by atoms with van der Waals surface area (Å²) in [5, 5.41) is 3.28. The summed E-state index contributed by atoms with van der Waals surface area (Å²) in [5.74, 6) is 0.825. The van der Waals surface area contributed by atoms with E-state index >= 15 is 0 Å². The molecule has 3 heteroatoms. The Labute approximate surface area is 92.1 Å². The maximum absolute atomic E-state index is 5.81. The van der Waals surface area contributed by atoms with Crippen molar-refractivity contribution in [3.8, 4) is 0 Å². The lowest BCUT2D eigenvalue weighted by Crippen LogP contribution is -2.06. The molecule has 0 bridgehead atoms. The third-order valence-electron chi connectivity index (χ3n) is 2.39. The molecule has 0 aromatic carbocycles. The normalized spacial score (nSPS) is 10.3. The Hall–Kier alpha value is -1.25. The number of nitrogens with zero attached hydrogens (tertiary/aromatic N) is 1. The summed E-state index contributed by atoms with van der Waals surface area (Å²) in [6.07, 6.45) is 5.03. The molecule has 1 aromatic heterocycles. The number of rotatable bonds is 6. The van der Waals surface area contributed by atoms with E-state index in [1.807, 2.05) is 19.1 Å². The first-order valence-electron chi connectivity index (χ1n) is 5.71. The lowest BCUT2D eigenvalue weighted by molar-refractivity contribution is 0.684. The standard InChI is InChI=1S/C12H21N3/c1-3-4-5-6-9-14-12-11(13)8-7-10(2)15-12/h7-8H,3-6,9,13H2,1-2H3,(H,14,15). The number of unbranched alkanes of at least 4 members (excludes halogenated alkanes) is 3. The van der Waals surface area contributed by atoms with Crippen LogP contribution < -0.4 is 11.1 Å². The zero-order chi connectivity index (χ0) is 11.1. The van der Waals surface area contributed by atoms with Crippen molar-refractivity contribution in [3.63, 3.8) is 0 Å². The summed E-state index contributed by atoms with van der Waals surface area (Å²) in [6, 6.07) is 3.83. The fraction of sp³-hybridized carbons (Fsp3) is 0.583. The van der Waals surface area contributed by atoms with Crippen molar-refractivity contribution in [1.29, 1.82) is 0 Å². The summed E-state index contributed by atoms with van der Waals surface area (Å²) in [6.45, 7) is 5.15. The van der Waals surface area contributed by atoms with Crippen LogP contribution in [-0.4, -0.2) is 11.5 Å². The summed E-state index contributed by atoms with van der Waals surface area (Å²) < 4.78 is 0. The zero-order valence-electron chi connectivity index (χ0n) is 9.71. The number of aromatic nitrogens is 1. The number of nitrogens with two attached hydrogens (primary N) is 1. The highest BCUT2D eigenvalue weighted by Crippen LogP contribution is 2.15. The minimum Gasteiger partial charge on any atom is -0.396 e. The third-order valence-corrected chi connectivity index (χ3v) is 2.39. The maximum Gasteiger partial charge on any atom is 0.149 e. The van der Waals surface area contributed by atoms with Crippen LogP contribution in [0.3, 0.4) is 0 Å². The highest BCUT2D eigenvalue weighted by atomic mass is 15.0. The molecule has 0 amide bonds. The quantitative estimate of drug-likeness (QED) is 0.705. The molecular weight excluding hydrogens is 186 g/mol. The molecule has 84 valence electrons. The lowest BCUT2D eigenvalue weighted by Gasteiger charge is -2.08. The van der Waals surface area contributed by atoms with E-state index in [1.54, 1.807) is 0 Å². The number of anilines is 2. The van der Waals surface area contributed by atoms with E-state index in [0.29, 0.717) is 0 Å². The average Bonchev–Trinajstić information content (AvgIpc) is 2.23. The van der Waals surface area contributed by atoms with Gasteiger partial charge in [0.25, 0.3) is 0 Å². The number of aryl methyl sites for hydroxylation is 1. The molecule has 0 spiro atoms. The van der Waals surface area contributed by atoms with Gasteiger partial charge in [0.1, 0.15) is 5.82 Å². The Balaban J connectivity index is 2.33. The second-order valence-electron chi connectivity index (χ2n) is 3.88. The summed E-state index contributed by atoms with van der Waals surface area (Å²) in [4.78, 5) is 4.35. The van der Waals surface area contributed by atoms with Gasteiger partial charge in [-0.2, -0.15) is 0 Å². The Morgan fingerprint density at radius 3 is 2.80 bits per heavy atom. The number of hydrogen-bond donors (Lipinski definition) is 2. The molecule has 0 unspecified atom stereocenters. The average molecular weight is 207 g/mol. The van der Waals surface area contributed by atoms with Gasteiger partial charge in [0.2, 0.25) is 0 Å². The number of nitrogens with one attached hydrogen (secondary N) is 1. The molecule has 0 saturated heterocycles. The van der Waals surface area contributed by atoms with Crippen LogP contribution in [0.15, 0.2) is 12.1 Å². The van der Waals surface area contributed by atoms with E-state index in [9.17, 15) is 0 Å². The van der Waals surface area contributed by atoms with Crippen LogP contribution in [0.4, 0.5) is 11.5 Å². The van der Waals surface area contributed by atoms with Crippen LogP contribution in [0.5, 0.6) is 0 Å². The van der Waals surface area contributed by atoms with Gasteiger partial charge in [-0.1, -0.05) is 26.2 Å². The molecule has 0 saturated carbocycles. The minimum atomic E-state index is 0.732. The highest BCUT2D eigenvalue weighted by Gasteiger charge is 1.99. The molecule has 1 heterocycles. The van der Waals surface area contributed by atoms with Crippen molar-refractivity contribution in [2.45, 2.75) is 39.5 Å². The molecule has 1 aromatic rings. The molecule has 3 nitrogen and oxygen atoms in total. The molecule has 3 N–H and O–H groups in total. The molecule has 0 aliphatic rings. The molecule has 1 rings (SSSR count). The van der Waals surface area contributed by atoms with Gasteiger partial charge in [0.05, 0.1) is 5.69 Å². The van der Waals surface area contributed by atoms with Crippen LogP contribution in [0, 0.1) is 6.92 Å². The smallest absolute Gasteiger partial charge is 0.149 e. The third kappa shape index (κ3) is 4.19. The van der Waals surface area contributed by atoms with Gasteiger partial charge < -0.3 is 11.1 Å². The Kier molecular flexibility index (Phi) is 4.95. The number of nitrogen functional groups attached to an aromatic ring is 1. The molecule has 15 heavy (non-hydrogen) atoms. The summed E-state index contributed by atoms with van der Waals surface area (Å²) in [7, 11) is 0. The predicted molar refractivity (Wildman–Crippen MR) is 66.0 cm³/mol. The highest BCUT2D eigenvalue weighted by molar-refractivity contribution is 5.61. The molecular formula is C12H21N3. The van der Waals surface area contributed by atoms with Crippen molar-refractivity contribution < 1.29 is 0 Å². The van der Waals surface area contributed by atoms with Gasteiger partial charge in [0, 0.05) is 12.2 Å². The van der Waals surface area contributed by atoms with Gasteiger partial charge in [-0.05, 0) is 25.5 Å². The maximum atomic E-state index is 5.81. The molecule has 0 aliphatic heterocycles. The molecule has 0 radical (unpaired) electrons. The SMILES string of the molecule is CCCCCCNc1nc(C)ccc1N. The van der Waals surface area contributed by atoms with Gasteiger partial charge >= 0.3 is 0 Å². The van der Waals surface area contributed by atoms with Crippen LogP contribution in [0.1, 0.15) is 38.3 Å². The first-order chi connectivity index (χ1) is 7.24. The van der Waals surface area contributed by atoms with Gasteiger partial charge in [-0.25, -0.2) is 4.98 Å². The van der Waals surface area contributed by atoms with E-state index in [4.69, 9.17) is 5.73 Å². The van der Waals surface area contributed by atoms with E-state index in [1.165, 1.54) is 25.7 Å². The van der Waals surface area contributed by atoms with E-state index in [-0.39, 0.29) is 0 Å². The monoisotopic (exact) mass is 207 g/mol. The summed E-state index contributed by atoms with van der Waals surface area (Å²) >= 11 is 0. The van der Waals surface area contributed by atoms with E-state index in [2.05, 4.69) is 17.2 Å². The van der Waals surface area contributed by atoms with E-state index < -0.39 is 0 Å². The number of pyridine rings is 1. The number of hydrogen-bond acceptors (Lipinski definition) is 3. The first kappa shape index (κ1) is 11.8. The summed E-state index contributed by atoms with van der Waals surface area (Å²) in [5.41, 5.74) is 7.54. The zero-order valence-corrected chi connectivity index (χ0v) is 9.71. The van der Waals surface area contributed by atoms with Crippen LogP contribution >= 0.6 is 0 Å². The second kappa shape index (κ2) is 6.27. The van der Waals surface area contributed by atoms with Crippen molar-refractivity contribution in [2.75, 3.05) is 17.6 Å². The topological polar surface area (TPSA) is 50.9 Å². The van der Waals surface area contributed by atoms with E-state index in [0.717, 1.165) is 23.7 Å². The van der Waals surface area contributed by atoms with Crippen molar-refractivity contribution >= 4 is 11.5 Å². The molecule has 0 aliphatic carbocycles. The molecule has 0 fully saturated rings. The molecule has 0 atom stereocenters. The van der Waals surface area contributed by atoms with Crippen molar-refractivity contribution in [3.05, 3.63) is 17.8 Å². The van der Waals surface area contributed by atoms with Crippen LogP contribution in [0.2, 0.25) is 0 Å². The fourth-order valence-electron chi connectivity index (χ4n) is 1.47. The van der Waals surface area contributed by atoms with Gasteiger partial charge in [-0.15, -0.1) is 0 Å². The van der Waals surface area contributed by atoms with Gasteiger partial charge in [0.15, 0.2) is 0 Å². The van der Waals surface area contributed by atoms with Crippen molar-refractivity contribution in [2.24, 2.45) is 0 Å². The second-order valence-corrected chi connectivity index (χ2v) is 3.88. The van der Waals surface area contributed by atoms with Gasteiger partial charge in [-0.3, -0.25) is 0 Å². The predicted octanol–water partition coefficient (Wildman–Crippen LogP) is 2.96. The van der Waals surface area contributed by atoms with Crippen molar-refractivity contribution in [1.82, 2.24) is 4.98 Å². The fourth-order valence-corrected chi connectivity index (χ4v) is 1.47. The minimum absolute atomic E-state index is 0.732. The van der Waals surface area contributed by atoms with Crippen LogP contribution in [-0.2, 0) is 0 Å². The Morgan fingerprint density at radius 2 is 2.07 bits per heavy atom. The Bertz CT molecular complexity index is 297. The Morgan fingerprint density at radius 1 is 1.27 bits per heavy atom.